The number of methoxy groups -OCH3 is 1. The van der Waals surface area contributed by atoms with Crippen molar-refractivity contribution in [3.63, 3.8) is 0 Å². The van der Waals surface area contributed by atoms with Gasteiger partial charge < -0.3 is 4.74 Å². The first kappa shape index (κ1) is 16.4. The van der Waals surface area contributed by atoms with Gasteiger partial charge in [-0.3, -0.25) is 0 Å². The van der Waals surface area contributed by atoms with E-state index in [2.05, 4.69) is 10.2 Å². The summed E-state index contributed by atoms with van der Waals surface area (Å²) in [6.45, 7) is 0. The molecule has 1 heterocycles. The van der Waals surface area contributed by atoms with E-state index in [9.17, 15) is 8.78 Å². The molecule has 0 saturated heterocycles. The fourth-order valence-corrected chi connectivity index (χ4v) is 2.86. The summed E-state index contributed by atoms with van der Waals surface area (Å²) in [7, 11) is 1.62. The Kier molecular flexibility index (Phi) is 5.05. The molecule has 2 aromatic carbocycles. The number of halogens is 2. The SMILES string of the molecule is COc1ccc(-c2ccc(SCc3ccc(F)c(F)c3)nn2)cc1. The van der Waals surface area contributed by atoms with Crippen LogP contribution in [-0.4, -0.2) is 17.3 Å². The second-order valence-corrected chi connectivity index (χ2v) is 6.02. The number of thioether (sulfide) groups is 1. The molecule has 0 amide bonds. The summed E-state index contributed by atoms with van der Waals surface area (Å²) in [6, 6.07) is 15.2. The molecule has 0 N–H and O–H groups in total. The molecule has 0 aliphatic carbocycles. The van der Waals surface area contributed by atoms with Gasteiger partial charge in [-0.05, 0) is 54.1 Å². The molecular weight excluding hydrogens is 330 g/mol. The molecule has 3 aromatic rings. The van der Waals surface area contributed by atoms with Crippen molar-refractivity contribution in [3.05, 3.63) is 71.8 Å². The van der Waals surface area contributed by atoms with Gasteiger partial charge in [0.05, 0.1) is 12.8 Å². The zero-order valence-corrected chi connectivity index (χ0v) is 13.7. The minimum atomic E-state index is -0.840. The summed E-state index contributed by atoms with van der Waals surface area (Å²) in [5.41, 5.74) is 2.40. The van der Waals surface area contributed by atoms with Gasteiger partial charge in [0.2, 0.25) is 0 Å². The highest BCUT2D eigenvalue weighted by atomic mass is 32.2. The quantitative estimate of drug-likeness (QED) is 0.627. The average molecular weight is 344 g/mol. The standard InChI is InChI=1S/C18H14F2N2OS/c1-23-14-5-3-13(4-6-14)17-8-9-18(22-21-17)24-11-12-2-7-15(19)16(20)10-12/h2-10H,11H2,1H3. The maximum Gasteiger partial charge on any atom is 0.159 e. The Morgan fingerprint density at radius 1 is 0.917 bits per heavy atom. The highest BCUT2D eigenvalue weighted by molar-refractivity contribution is 7.98. The summed E-state index contributed by atoms with van der Waals surface area (Å²) in [5.74, 6) is -0.403. The van der Waals surface area contributed by atoms with E-state index in [0.717, 1.165) is 28.1 Å². The minimum absolute atomic E-state index is 0.494. The molecule has 0 bridgehead atoms. The number of rotatable bonds is 5. The Bertz CT molecular complexity index is 823. The van der Waals surface area contributed by atoms with Crippen LogP contribution in [0.4, 0.5) is 8.78 Å². The normalized spacial score (nSPS) is 10.6. The monoisotopic (exact) mass is 344 g/mol. The number of hydrogen-bond donors (Lipinski definition) is 0. The van der Waals surface area contributed by atoms with Gasteiger partial charge in [0, 0.05) is 11.3 Å². The van der Waals surface area contributed by atoms with E-state index in [-0.39, 0.29) is 0 Å². The molecule has 0 fully saturated rings. The van der Waals surface area contributed by atoms with E-state index in [4.69, 9.17) is 4.74 Å². The number of hydrogen-bond acceptors (Lipinski definition) is 4. The Hall–Kier alpha value is -2.47. The fraction of sp³-hybridized carbons (Fsp3) is 0.111. The largest absolute Gasteiger partial charge is 0.497 e. The molecule has 6 heteroatoms. The van der Waals surface area contributed by atoms with Crippen LogP contribution >= 0.6 is 11.8 Å². The molecule has 122 valence electrons. The first-order valence-electron chi connectivity index (χ1n) is 7.20. The highest BCUT2D eigenvalue weighted by Crippen LogP contribution is 2.24. The smallest absolute Gasteiger partial charge is 0.159 e. The van der Waals surface area contributed by atoms with Gasteiger partial charge in [0.25, 0.3) is 0 Å². The summed E-state index contributed by atoms with van der Waals surface area (Å²) in [6.07, 6.45) is 0. The van der Waals surface area contributed by atoms with E-state index in [1.807, 2.05) is 36.4 Å². The van der Waals surface area contributed by atoms with Crippen molar-refractivity contribution in [2.24, 2.45) is 0 Å². The molecule has 24 heavy (non-hydrogen) atoms. The zero-order valence-electron chi connectivity index (χ0n) is 12.9. The van der Waals surface area contributed by atoms with E-state index >= 15 is 0 Å². The van der Waals surface area contributed by atoms with Gasteiger partial charge in [-0.15, -0.1) is 10.2 Å². The Labute approximate surface area is 142 Å². The molecule has 0 atom stereocenters. The van der Waals surface area contributed by atoms with Gasteiger partial charge in [0.15, 0.2) is 11.6 Å². The predicted molar refractivity (Wildman–Crippen MR) is 89.9 cm³/mol. The molecular formula is C18H14F2N2OS. The van der Waals surface area contributed by atoms with Crippen LogP contribution in [0.5, 0.6) is 5.75 Å². The maximum absolute atomic E-state index is 13.2. The highest BCUT2D eigenvalue weighted by Gasteiger charge is 2.05. The summed E-state index contributed by atoms with van der Waals surface area (Å²) < 4.78 is 31.2. The van der Waals surface area contributed by atoms with E-state index < -0.39 is 11.6 Å². The van der Waals surface area contributed by atoms with Gasteiger partial charge in [-0.2, -0.15) is 0 Å². The van der Waals surface area contributed by atoms with Crippen molar-refractivity contribution in [3.8, 4) is 17.0 Å². The molecule has 0 spiro atoms. The van der Waals surface area contributed by atoms with Crippen LogP contribution in [0.25, 0.3) is 11.3 Å². The maximum atomic E-state index is 13.2. The van der Waals surface area contributed by atoms with Gasteiger partial charge in [-0.25, -0.2) is 8.78 Å². The third kappa shape index (κ3) is 3.89. The van der Waals surface area contributed by atoms with Crippen molar-refractivity contribution >= 4 is 11.8 Å². The minimum Gasteiger partial charge on any atom is -0.497 e. The van der Waals surface area contributed by atoms with Crippen molar-refractivity contribution in [2.45, 2.75) is 10.8 Å². The Balaban J connectivity index is 1.66. The van der Waals surface area contributed by atoms with E-state index in [1.54, 1.807) is 13.2 Å². The first-order valence-corrected chi connectivity index (χ1v) is 8.19. The fourth-order valence-electron chi connectivity index (χ4n) is 2.10. The lowest BCUT2D eigenvalue weighted by molar-refractivity contribution is 0.415. The Morgan fingerprint density at radius 3 is 2.33 bits per heavy atom. The van der Waals surface area contributed by atoms with Crippen LogP contribution in [-0.2, 0) is 5.75 Å². The number of benzene rings is 2. The predicted octanol–water partition coefficient (Wildman–Crippen LogP) is 4.72. The molecule has 3 nitrogen and oxygen atoms in total. The van der Waals surface area contributed by atoms with Crippen LogP contribution in [0.15, 0.2) is 59.6 Å². The third-order valence-corrected chi connectivity index (χ3v) is 4.39. The molecule has 0 radical (unpaired) electrons. The summed E-state index contributed by atoms with van der Waals surface area (Å²) >= 11 is 1.42. The van der Waals surface area contributed by atoms with E-state index in [1.165, 1.54) is 17.8 Å². The van der Waals surface area contributed by atoms with Crippen LogP contribution in [0.2, 0.25) is 0 Å². The van der Waals surface area contributed by atoms with Crippen molar-refractivity contribution in [2.75, 3.05) is 7.11 Å². The number of nitrogens with zero attached hydrogens (tertiary/aromatic N) is 2. The molecule has 0 aliphatic heterocycles. The van der Waals surface area contributed by atoms with Gasteiger partial charge >= 0.3 is 0 Å². The van der Waals surface area contributed by atoms with E-state index in [0.29, 0.717) is 11.3 Å². The van der Waals surface area contributed by atoms with Crippen molar-refractivity contribution in [1.82, 2.24) is 10.2 Å². The molecule has 0 saturated carbocycles. The van der Waals surface area contributed by atoms with Crippen molar-refractivity contribution in [1.29, 1.82) is 0 Å². The molecule has 0 aliphatic rings. The molecule has 0 unspecified atom stereocenters. The second-order valence-electron chi connectivity index (χ2n) is 5.02. The lowest BCUT2D eigenvalue weighted by Crippen LogP contribution is -1.91. The zero-order chi connectivity index (χ0) is 16.9. The lowest BCUT2D eigenvalue weighted by atomic mass is 10.1. The first-order chi connectivity index (χ1) is 11.7. The van der Waals surface area contributed by atoms with Crippen LogP contribution in [0, 0.1) is 11.6 Å². The summed E-state index contributed by atoms with van der Waals surface area (Å²) in [5, 5.41) is 9.09. The second kappa shape index (κ2) is 7.40. The third-order valence-electron chi connectivity index (χ3n) is 3.40. The topological polar surface area (TPSA) is 35.0 Å². The van der Waals surface area contributed by atoms with Crippen LogP contribution in [0.1, 0.15) is 5.56 Å². The Morgan fingerprint density at radius 2 is 1.71 bits per heavy atom. The molecule has 3 rings (SSSR count). The average Bonchev–Trinajstić information content (AvgIpc) is 2.63. The number of aromatic nitrogens is 2. The summed E-state index contributed by atoms with van der Waals surface area (Å²) in [4.78, 5) is 0. The lowest BCUT2D eigenvalue weighted by Gasteiger charge is -2.04. The van der Waals surface area contributed by atoms with Crippen LogP contribution < -0.4 is 4.74 Å². The number of ether oxygens (including phenoxy) is 1. The van der Waals surface area contributed by atoms with Crippen molar-refractivity contribution < 1.29 is 13.5 Å². The van der Waals surface area contributed by atoms with Gasteiger partial charge in [0.1, 0.15) is 10.8 Å². The molecule has 1 aromatic heterocycles. The van der Waals surface area contributed by atoms with Crippen LogP contribution in [0.3, 0.4) is 0 Å². The van der Waals surface area contributed by atoms with Gasteiger partial charge in [-0.1, -0.05) is 17.8 Å².